The number of hydrogen-bond donors (Lipinski definition) is 1. The average molecular weight is 446 g/mol. The molecule has 0 aliphatic heterocycles. The quantitative estimate of drug-likeness (QED) is 0.372. The zero-order chi connectivity index (χ0) is 19.2. The Balaban J connectivity index is 1.76. The lowest BCUT2D eigenvalue weighted by atomic mass is 10.1. The molecule has 0 saturated carbocycles. The molecule has 2 aromatic carbocycles. The summed E-state index contributed by atoms with van der Waals surface area (Å²) in [4.78, 5) is 5.79. The van der Waals surface area contributed by atoms with E-state index in [1.54, 1.807) is 24.7 Å². The number of methoxy groups -OCH3 is 1. The maximum Gasteiger partial charge on any atom is 0.204 e. The number of thiazole rings is 1. The number of hydrogen-bond acceptors (Lipinski definition) is 6. The van der Waals surface area contributed by atoms with Crippen LogP contribution in [0.25, 0.3) is 11.3 Å². The Bertz CT molecular complexity index is 942. The van der Waals surface area contributed by atoms with Crippen molar-refractivity contribution >= 4 is 38.6 Å². The van der Waals surface area contributed by atoms with Crippen LogP contribution < -0.4 is 14.9 Å². The van der Waals surface area contributed by atoms with Gasteiger partial charge in [-0.05, 0) is 47.5 Å². The number of hydrazone groups is 1. The first-order chi connectivity index (χ1) is 13.1. The first-order valence-electron chi connectivity index (χ1n) is 8.44. The highest BCUT2D eigenvalue weighted by atomic mass is 79.9. The van der Waals surface area contributed by atoms with Crippen LogP contribution in [-0.4, -0.2) is 24.9 Å². The van der Waals surface area contributed by atoms with Gasteiger partial charge in [-0.15, -0.1) is 11.3 Å². The largest absolute Gasteiger partial charge is 0.492 e. The van der Waals surface area contributed by atoms with Gasteiger partial charge < -0.3 is 9.47 Å². The SMILES string of the molecule is CCOc1cc(/C=N\Nc2nc(-c3ccccc3)c(C)s2)cc(Br)c1OC. The van der Waals surface area contributed by atoms with E-state index < -0.39 is 0 Å². The molecule has 140 valence electrons. The average Bonchev–Trinajstić information content (AvgIpc) is 3.03. The van der Waals surface area contributed by atoms with Crippen molar-refractivity contribution in [3.63, 3.8) is 0 Å². The van der Waals surface area contributed by atoms with Gasteiger partial charge in [-0.1, -0.05) is 30.3 Å². The summed E-state index contributed by atoms with van der Waals surface area (Å²) in [6.07, 6.45) is 1.73. The number of ether oxygens (including phenoxy) is 2. The van der Waals surface area contributed by atoms with E-state index in [0.29, 0.717) is 18.1 Å². The monoisotopic (exact) mass is 445 g/mol. The summed E-state index contributed by atoms with van der Waals surface area (Å²) in [7, 11) is 1.62. The van der Waals surface area contributed by atoms with Gasteiger partial charge in [0.25, 0.3) is 0 Å². The maximum absolute atomic E-state index is 5.63. The van der Waals surface area contributed by atoms with Crippen molar-refractivity contribution < 1.29 is 9.47 Å². The molecular formula is C20H20BrN3O2S. The van der Waals surface area contributed by atoms with Crippen LogP contribution in [0.1, 0.15) is 17.4 Å². The second-order valence-corrected chi connectivity index (χ2v) is 7.68. The molecule has 3 rings (SSSR count). The number of rotatable bonds is 7. The smallest absolute Gasteiger partial charge is 0.204 e. The van der Waals surface area contributed by atoms with Crippen molar-refractivity contribution in [1.29, 1.82) is 0 Å². The molecule has 1 N–H and O–H groups in total. The summed E-state index contributed by atoms with van der Waals surface area (Å²) >= 11 is 5.08. The molecule has 0 aliphatic carbocycles. The van der Waals surface area contributed by atoms with Crippen molar-refractivity contribution in [2.24, 2.45) is 5.10 Å². The van der Waals surface area contributed by atoms with E-state index in [9.17, 15) is 0 Å². The highest BCUT2D eigenvalue weighted by molar-refractivity contribution is 9.10. The van der Waals surface area contributed by atoms with Gasteiger partial charge in [-0.3, -0.25) is 5.43 Å². The number of halogens is 1. The number of benzene rings is 2. The molecule has 5 nitrogen and oxygen atoms in total. The number of aromatic nitrogens is 1. The summed E-state index contributed by atoms with van der Waals surface area (Å²) in [5, 5.41) is 5.06. The lowest BCUT2D eigenvalue weighted by molar-refractivity contribution is 0.310. The Morgan fingerprint density at radius 1 is 1.26 bits per heavy atom. The standard InChI is InChI=1S/C20H20BrN3O2S/c1-4-26-17-11-14(10-16(21)19(17)25-3)12-22-24-20-23-18(13(2)27-20)15-8-6-5-7-9-15/h5-12H,4H2,1-3H3,(H,23,24)/b22-12-. The Morgan fingerprint density at radius 3 is 2.74 bits per heavy atom. The van der Waals surface area contributed by atoms with Crippen molar-refractivity contribution in [2.75, 3.05) is 19.1 Å². The number of nitrogens with one attached hydrogen (secondary N) is 1. The van der Waals surface area contributed by atoms with E-state index in [-0.39, 0.29) is 0 Å². The number of nitrogens with zero attached hydrogens (tertiary/aromatic N) is 2. The third-order valence-electron chi connectivity index (χ3n) is 3.75. The highest BCUT2D eigenvalue weighted by Gasteiger charge is 2.11. The van der Waals surface area contributed by atoms with E-state index in [4.69, 9.17) is 9.47 Å². The molecule has 0 atom stereocenters. The van der Waals surface area contributed by atoms with Gasteiger partial charge in [-0.2, -0.15) is 5.10 Å². The van der Waals surface area contributed by atoms with Crippen molar-refractivity contribution in [1.82, 2.24) is 4.98 Å². The molecule has 0 spiro atoms. The fraction of sp³-hybridized carbons (Fsp3) is 0.200. The molecule has 0 bridgehead atoms. The first kappa shape index (κ1) is 19.4. The Hall–Kier alpha value is -2.38. The second kappa shape index (κ2) is 9.01. The van der Waals surface area contributed by atoms with Gasteiger partial charge in [0, 0.05) is 10.4 Å². The maximum atomic E-state index is 5.63. The summed E-state index contributed by atoms with van der Waals surface area (Å²) in [5.74, 6) is 1.34. The van der Waals surface area contributed by atoms with Gasteiger partial charge in [0.15, 0.2) is 11.5 Å². The Morgan fingerprint density at radius 2 is 2.04 bits per heavy atom. The normalized spacial score (nSPS) is 11.0. The number of aryl methyl sites for hydroxylation is 1. The van der Waals surface area contributed by atoms with Gasteiger partial charge in [0.05, 0.1) is 30.1 Å². The van der Waals surface area contributed by atoms with Crippen LogP contribution >= 0.6 is 27.3 Å². The van der Waals surface area contributed by atoms with Gasteiger partial charge in [0.2, 0.25) is 5.13 Å². The number of anilines is 1. The molecule has 0 amide bonds. The molecule has 0 unspecified atom stereocenters. The fourth-order valence-corrected chi connectivity index (χ4v) is 4.00. The van der Waals surface area contributed by atoms with Crippen LogP contribution in [0.3, 0.4) is 0 Å². The first-order valence-corrected chi connectivity index (χ1v) is 10.1. The van der Waals surface area contributed by atoms with Gasteiger partial charge in [0.1, 0.15) is 0 Å². The van der Waals surface area contributed by atoms with Gasteiger partial charge in [-0.25, -0.2) is 4.98 Å². The molecule has 0 fully saturated rings. The predicted molar refractivity (Wildman–Crippen MR) is 115 cm³/mol. The Kier molecular flexibility index (Phi) is 6.47. The van der Waals surface area contributed by atoms with E-state index >= 15 is 0 Å². The third kappa shape index (κ3) is 4.67. The molecule has 0 radical (unpaired) electrons. The van der Waals surface area contributed by atoms with Crippen LogP contribution in [0.4, 0.5) is 5.13 Å². The summed E-state index contributed by atoms with van der Waals surface area (Å²) in [6.45, 7) is 4.55. The summed E-state index contributed by atoms with van der Waals surface area (Å²) in [5.41, 5.74) is 5.97. The van der Waals surface area contributed by atoms with E-state index in [2.05, 4.69) is 50.5 Å². The second-order valence-electron chi connectivity index (χ2n) is 5.63. The molecule has 0 saturated heterocycles. The third-order valence-corrected chi connectivity index (χ3v) is 5.22. The van der Waals surface area contributed by atoms with Crippen LogP contribution in [0.15, 0.2) is 52.0 Å². The topological polar surface area (TPSA) is 55.7 Å². The molecular weight excluding hydrogens is 426 g/mol. The fourth-order valence-electron chi connectivity index (χ4n) is 2.59. The lowest BCUT2D eigenvalue weighted by Crippen LogP contribution is -1.98. The van der Waals surface area contributed by atoms with Crippen LogP contribution in [0.2, 0.25) is 0 Å². The minimum atomic E-state index is 0.558. The van der Waals surface area contributed by atoms with Crippen molar-refractivity contribution in [3.8, 4) is 22.8 Å². The van der Waals surface area contributed by atoms with Crippen molar-refractivity contribution in [2.45, 2.75) is 13.8 Å². The molecule has 0 aliphatic rings. The molecule has 27 heavy (non-hydrogen) atoms. The molecule has 3 aromatic rings. The lowest BCUT2D eigenvalue weighted by Gasteiger charge is -2.11. The summed E-state index contributed by atoms with van der Waals surface area (Å²) < 4.78 is 11.8. The zero-order valence-corrected chi connectivity index (χ0v) is 17.7. The Labute approximate surface area is 171 Å². The summed E-state index contributed by atoms with van der Waals surface area (Å²) in [6, 6.07) is 13.9. The predicted octanol–water partition coefficient (Wildman–Crippen LogP) is 5.73. The van der Waals surface area contributed by atoms with E-state index in [0.717, 1.165) is 31.3 Å². The van der Waals surface area contributed by atoms with Crippen LogP contribution in [0, 0.1) is 6.92 Å². The minimum Gasteiger partial charge on any atom is -0.492 e. The molecule has 7 heteroatoms. The molecule has 1 aromatic heterocycles. The van der Waals surface area contributed by atoms with E-state index in [1.807, 2.05) is 37.3 Å². The minimum absolute atomic E-state index is 0.558. The van der Waals surface area contributed by atoms with Crippen molar-refractivity contribution in [3.05, 3.63) is 57.4 Å². The highest BCUT2D eigenvalue weighted by Crippen LogP contribution is 2.36. The van der Waals surface area contributed by atoms with Gasteiger partial charge >= 0.3 is 0 Å². The van der Waals surface area contributed by atoms with Crippen LogP contribution in [-0.2, 0) is 0 Å². The van der Waals surface area contributed by atoms with Crippen LogP contribution in [0.5, 0.6) is 11.5 Å². The van der Waals surface area contributed by atoms with E-state index in [1.165, 1.54) is 0 Å². The molecule has 1 heterocycles. The zero-order valence-electron chi connectivity index (χ0n) is 15.3.